The summed E-state index contributed by atoms with van der Waals surface area (Å²) in [5, 5.41) is 12.3. The molecule has 0 aromatic heterocycles. The van der Waals surface area contributed by atoms with Gasteiger partial charge >= 0.3 is 0 Å². The Morgan fingerprint density at radius 2 is 2.04 bits per heavy atom. The lowest BCUT2D eigenvalue weighted by Gasteiger charge is -2.35. The van der Waals surface area contributed by atoms with E-state index in [9.17, 15) is 19.1 Å². The molecule has 0 aliphatic carbocycles. The zero-order chi connectivity index (χ0) is 20.4. The summed E-state index contributed by atoms with van der Waals surface area (Å²) < 4.78 is 18.8. The van der Waals surface area contributed by atoms with Gasteiger partial charge in [0.2, 0.25) is 5.91 Å². The predicted molar refractivity (Wildman–Crippen MR) is 103 cm³/mol. The van der Waals surface area contributed by atoms with E-state index in [2.05, 4.69) is 5.32 Å². The number of ether oxygens (including phenoxy) is 1. The highest BCUT2D eigenvalue weighted by Gasteiger charge is 2.28. The van der Waals surface area contributed by atoms with Crippen molar-refractivity contribution in [2.45, 2.75) is 12.5 Å². The van der Waals surface area contributed by atoms with Gasteiger partial charge in [0, 0.05) is 32.8 Å². The molecule has 148 valence electrons. The smallest absolute Gasteiger partial charge is 0.253 e. The number of aromatic hydroxyl groups is 1. The number of phenolic OH excluding ortho intramolecular Hbond substituents is 1. The first kappa shape index (κ1) is 19.5. The molecule has 0 bridgehead atoms. The fourth-order valence-corrected chi connectivity index (χ4v) is 3.02. The van der Waals surface area contributed by atoms with E-state index in [1.165, 1.54) is 11.0 Å². The van der Waals surface area contributed by atoms with Gasteiger partial charge in [0.1, 0.15) is 23.9 Å². The summed E-state index contributed by atoms with van der Waals surface area (Å²) in [6.07, 6.45) is 0.0958. The van der Waals surface area contributed by atoms with E-state index in [1.54, 1.807) is 32.3 Å². The molecule has 2 aromatic carbocycles. The molecular weight excluding hydrogens is 365 g/mol. The Balaban J connectivity index is 1.72. The summed E-state index contributed by atoms with van der Waals surface area (Å²) in [7, 11) is 5.19. The summed E-state index contributed by atoms with van der Waals surface area (Å²) in [5.74, 6) is -0.741. The molecule has 8 heteroatoms. The molecule has 0 saturated heterocycles. The molecule has 7 nitrogen and oxygen atoms in total. The van der Waals surface area contributed by atoms with Gasteiger partial charge in [-0.3, -0.25) is 9.59 Å². The minimum Gasteiger partial charge on any atom is -0.506 e. The Kier molecular flexibility index (Phi) is 5.39. The van der Waals surface area contributed by atoms with Crippen LogP contribution < -0.4 is 15.0 Å². The minimum atomic E-state index is -0.587. The Morgan fingerprint density at radius 1 is 1.29 bits per heavy atom. The van der Waals surface area contributed by atoms with Gasteiger partial charge in [-0.2, -0.15) is 0 Å². The Bertz CT molecular complexity index is 916. The topological polar surface area (TPSA) is 82.1 Å². The zero-order valence-electron chi connectivity index (χ0n) is 15.9. The van der Waals surface area contributed by atoms with Gasteiger partial charge in [-0.1, -0.05) is 0 Å². The lowest BCUT2D eigenvalue weighted by molar-refractivity contribution is -0.116. The van der Waals surface area contributed by atoms with Crippen LogP contribution in [0.2, 0.25) is 0 Å². The largest absolute Gasteiger partial charge is 0.506 e. The molecule has 2 N–H and O–H groups in total. The average molecular weight is 387 g/mol. The van der Waals surface area contributed by atoms with Crippen LogP contribution in [0.1, 0.15) is 16.8 Å². The van der Waals surface area contributed by atoms with Crippen LogP contribution in [0, 0.1) is 5.82 Å². The Labute approximate surface area is 162 Å². The van der Waals surface area contributed by atoms with Crippen molar-refractivity contribution in [2.24, 2.45) is 0 Å². The average Bonchev–Trinajstić information content (AvgIpc) is 2.65. The van der Waals surface area contributed by atoms with Crippen molar-refractivity contribution in [1.82, 2.24) is 4.90 Å². The number of carbonyl (C=O) groups excluding carboxylic acids is 2. The summed E-state index contributed by atoms with van der Waals surface area (Å²) in [6, 6.07) is 8.33. The maximum Gasteiger partial charge on any atom is 0.253 e. The van der Waals surface area contributed by atoms with Crippen molar-refractivity contribution in [2.75, 3.05) is 38.0 Å². The Morgan fingerprint density at radius 3 is 2.71 bits per heavy atom. The van der Waals surface area contributed by atoms with E-state index in [0.29, 0.717) is 17.9 Å². The summed E-state index contributed by atoms with van der Waals surface area (Å²) in [6.45, 7) is 0.299. The number of benzene rings is 2. The number of rotatable bonds is 4. The third kappa shape index (κ3) is 4.00. The van der Waals surface area contributed by atoms with Crippen LogP contribution in [0.5, 0.6) is 11.5 Å². The summed E-state index contributed by atoms with van der Waals surface area (Å²) >= 11 is 0. The van der Waals surface area contributed by atoms with Crippen molar-refractivity contribution >= 4 is 23.2 Å². The molecule has 1 heterocycles. The quantitative estimate of drug-likeness (QED) is 0.788. The molecule has 1 aliphatic heterocycles. The van der Waals surface area contributed by atoms with Gasteiger partial charge in [0.25, 0.3) is 5.91 Å². The fraction of sp³-hybridized carbons (Fsp3) is 0.300. The number of halogens is 1. The van der Waals surface area contributed by atoms with Crippen molar-refractivity contribution in [3.63, 3.8) is 0 Å². The number of hydrogen-bond acceptors (Lipinski definition) is 5. The van der Waals surface area contributed by atoms with Gasteiger partial charge < -0.3 is 25.0 Å². The molecule has 0 saturated carbocycles. The second-order valence-electron chi connectivity index (χ2n) is 6.87. The first-order valence-corrected chi connectivity index (χ1v) is 8.76. The molecule has 0 unspecified atom stereocenters. The first-order valence-electron chi connectivity index (χ1n) is 8.76. The monoisotopic (exact) mass is 387 g/mol. The lowest BCUT2D eigenvalue weighted by atomic mass is 10.1. The summed E-state index contributed by atoms with van der Waals surface area (Å²) in [4.78, 5) is 28.0. The zero-order valence-corrected chi connectivity index (χ0v) is 15.9. The lowest BCUT2D eigenvalue weighted by Crippen LogP contribution is -2.42. The van der Waals surface area contributed by atoms with Gasteiger partial charge in [-0.25, -0.2) is 4.39 Å². The number of nitrogens with zero attached hydrogens (tertiary/aromatic N) is 2. The number of anilines is 2. The number of amides is 2. The number of hydrogen-bond donors (Lipinski definition) is 2. The van der Waals surface area contributed by atoms with Crippen LogP contribution in [0.25, 0.3) is 0 Å². The maximum absolute atomic E-state index is 13.1. The van der Waals surface area contributed by atoms with Crippen LogP contribution in [-0.2, 0) is 4.79 Å². The highest BCUT2D eigenvalue weighted by Crippen LogP contribution is 2.35. The maximum atomic E-state index is 13.1. The molecular formula is C20H22FN3O4. The van der Waals surface area contributed by atoms with E-state index in [1.807, 2.05) is 11.9 Å². The number of phenols is 1. The third-order valence-electron chi connectivity index (χ3n) is 4.63. The number of carbonyl (C=O) groups is 2. The molecule has 2 amide bonds. The normalized spacial score (nSPS) is 15.4. The van der Waals surface area contributed by atoms with E-state index in [0.717, 1.165) is 17.8 Å². The van der Waals surface area contributed by atoms with Crippen LogP contribution in [0.15, 0.2) is 36.4 Å². The molecule has 0 radical (unpaired) electrons. The minimum absolute atomic E-state index is 0.0958. The Hall–Kier alpha value is -3.29. The first-order chi connectivity index (χ1) is 13.3. The summed E-state index contributed by atoms with van der Waals surface area (Å²) in [5.41, 5.74) is 1.40. The fourth-order valence-electron chi connectivity index (χ4n) is 3.02. The van der Waals surface area contributed by atoms with E-state index in [-0.39, 0.29) is 35.7 Å². The van der Waals surface area contributed by atoms with E-state index < -0.39 is 5.82 Å². The highest BCUT2D eigenvalue weighted by atomic mass is 19.1. The SMILES string of the molecule is CN(C)C(=O)c1ccc2c(c1)N(C)[C@H](CC(=O)Nc1ccc(F)cc1O)CO2. The molecule has 2 aromatic rings. The highest BCUT2D eigenvalue weighted by molar-refractivity contribution is 5.96. The van der Waals surface area contributed by atoms with Crippen molar-refractivity contribution in [3.8, 4) is 11.5 Å². The third-order valence-corrected chi connectivity index (χ3v) is 4.63. The second kappa shape index (κ2) is 7.75. The van der Waals surface area contributed by atoms with Crippen molar-refractivity contribution in [3.05, 3.63) is 47.8 Å². The number of fused-ring (bicyclic) bond motifs is 1. The van der Waals surface area contributed by atoms with Crippen LogP contribution >= 0.6 is 0 Å². The predicted octanol–water partition coefficient (Wildman–Crippen LogP) is 2.46. The molecule has 1 atom stereocenters. The van der Waals surface area contributed by atoms with Gasteiger partial charge in [-0.05, 0) is 30.3 Å². The molecule has 0 spiro atoms. The van der Waals surface area contributed by atoms with Gasteiger partial charge in [-0.15, -0.1) is 0 Å². The molecule has 28 heavy (non-hydrogen) atoms. The number of likely N-dealkylation sites (N-methyl/N-ethyl adjacent to an activating group) is 1. The van der Waals surface area contributed by atoms with Crippen molar-refractivity contribution < 1.29 is 23.8 Å². The van der Waals surface area contributed by atoms with Gasteiger partial charge in [0.15, 0.2) is 0 Å². The second-order valence-corrected chi connectivity index (χ2v) is 6.87. The standard InChI is InChI=1S/C20H22FN3O4/c1-23(2)20(27)12-4-7-18-16(8-12)24(3)14(11-28-18)10-19(26)22-15-6-5-13(21)9-17(15)25/h4-9,14,25H,10-11H2,1-3H3,(H,22,26)/t14-/m1/s1. The van der Waals surface area contributed by atoms with Crippen LogP contribution in [0.3, 0.4) is 0 Å². The van der Waals surface area contributed by atoms with Crippen LogP contribution in [0.4, 0.5) is 15.8 Å². The molecule has 3 rings (SSSR count). The number of nitrogens with one attached hydrogen (secondary N) is 1. The van der Waals surface area contributed by atoms with E-state index in [4.69, 9.17) is 4.74 Å². The van der Waals surface area contributed by atoms with Crippen molar-refractivity contribution in [1.29, 1.82) is 0 Å². The van der Waals surface area contributed by atoms with Crippen LogP contribution in [-0.4, -0.2) is 55.6 Å². The molecule has 1 aliphatic rings. The van der Waals surface area contributed by atoms with Gasteiger partial charge in [0.05, 0.1) is 23.8 Å². The van der Waals surface area contributed by atoms with E-state index >= 15 is 0 Å². The molecule has 0 fully saturated rings.